The molecule has 1 heterocycles. The van der Waals surface area contributed by atoms with Crippen molar-refractivity contribution in [2.24, 2.45) is 11.8 Å². The molecule has 0 aliphatic carbocycles. The molecule has 1 aromatic carbocycles. The van der Waals surface area contributed by atoms with Crippen molar-refractivity contribution < 1.29 is 91.1 Å². The highest BCUT2D eigenvalue weighted by Gasteiger charge is 2.42. The Hall–Kier alpha value is -7.39. The number of hydrazine groups is 1. The molecule has 406 valence electrons. The largest absolute Gasteiger partial charge is 0.481 e. The maximum atomic E-state index is 14.2. The summed E-state index contributed by atoms with van der Waals surface area (Å²) in [5.41, 5.74) is 1.33. The lowest BCUT2D eigenvalue weighted by Crippen LogP contribution is -2.62. The Morgan fingerprint density at radius 1 is 0.671 bits per heavy atom. The Morgan fingerprint density at radius 3 is 1.62 bits per heavy atom. The molecule has 1 aromatic rings. The number of nitrogens with zero attached hydrogens (tertiary/aromatic N) is 2. The number of aliphatic carboxylic acids is 3. The van der Waals surface area contributed by atoms with Crippen LogP contribution in [-0.2, 0) is 58.9 Å². The molecule has 11 N–H and O–H groups in total. The smallest absolute Gasteiger partial charge is 0.416 e. The van der Waals surface area contributed by atoms with Crippen molar-refractivity contribution in [3.05, 3.63) is 35.4 Å². The lowest BCUT2D eigenvalue weighted by molar-refractivity contribution is -0.144. The topological polar surface area (TPSA) is 376 Å². The minimum Gasteiger partial charge on any atom is -0.481 e. The van der Waals surface area contributed by atoms with Crippen LogP contribution in [0.5, 0.6) is 0 Å². The van der Waals surface area contributed by atoms with E-state index >= 15 is 0 Å². The van der Waals surface area contributed by atoms with Gasteiger partial charge in [-0.3, -0.25) is 63.0 Å². The van der Waals surface area contributed by atoms with Crippen LogP contribution in [0.2, 0.25) is 0 Å². The van der Waals surface area contributed by atoms with Gasteiger partial charge in [-0.05, 0) is 68.7 Å². The van der Waals surface area contributed by atoms with E-state index in [1.54, 1.807) is 20.8 Å². The van der Waals surface area contributed by atoms with Crippen LogP contribution in [0, 0.1) is 11.8 Å². The molecule has 0 spiro atoms. The third-order valence-electron chi connectivity index (χ3n) is 11.1. The number of benzene rings is 1. The Labute approximate surface area is 417 Å². The SMILES string of the molecule is CCCN(NC(=O)[C@@H]1CCCN1C(=O)[C@@H](NC(=O)[C@@H](NC(=O)[C@H](CC(=O)O)NC(=O)[C@H](CCC(=O)O)NC(=O)[C@@H](NC(=O)[C@H](CC(=O)O)NC(C)=O)[C@@H](C)O)C(C)C)C(C)C)C(=O)c1ccc(C(F)(F)F)cc1. The molecule has 25 nitrogen and oxygen atoms in total. The molecule has 1 aliphatic rings. The van der Waals surface area contributed by atoms with Crippen LogP contribution in [0.3, 0.4) is 0 Å². The van der Waals surface area contributed by atoms with Gasteiger partial charge in [0.05, 0.1) is 24.5 Å². The van der Waals surface area contributed by atoms with Crippen LogP contribution >= 0.6 is 0 Å². The lowest BCUT2D eigenvalue weighted by Gasteiger charge is -2.33. The molecule has 1 saturated heterocycles. The number of aliphatic hydroxyl groups excluding tert-OH is 1. The summed E-state index contributed by atoms with van der Waals surface area (Å²) in [6, 6.07) is -8.29. The van der Waals surface area contributed by atoms with Crippen LogP contribution in [-0.4, -0.2) is 163 Å². The number of nitrogens with one attached hydrogen (secondary N) is 7. The Morgan fingerprint density at radius 2 is 1.15 bits per heavy atom. The fraction of sp³-hybridized carbons (Fsp3) is 0.600. The summed E-state index contributed by atoms with van der Waals surface area (Å²) < 4.78 is 39.4. The average molecular weight is 1040 g/mol. The molecular weight excluding hydrogens is 980 g/mol. The first kappa shape index (κ1) is 61.7. The molecule has 0 saturated carbocycles. The lowest BCUT2D eigenvalue weighted by atomic mass is 9.98. The van der Waals surface area contributed by atoms with Crippen molar-refractivity contribution in [3.8, 4) is 0 Å². The summed E-state index contributed by atoms with van der Waals surface area (Å²) in [5, 5.41) is 52.8. The number of carboxylic acid groups (broad SMARTS) is 3. The molecule has 0 unspecified atom stereocenters. The molecule has 1 aliphatic heterocycles. The number of rotatable bonds is 26. The van der Waals surface area contributed by atoms with Crippen LogP contribution in [0.4, 0.5) is 13.2 Å². The Bertz CT molecular complexity index is 2190. The number of carboxylic acids is 3. The molecular formula is C45H64F3N9O16. The first-order chi connectivity index (χ1) is 33.9. The van der Waals surface area contributed by atoms with Crippen LogP contribution in [0.15, 0.2) is 24.3 Å². The fourth-order valence-electron chi connectivity index (χ4n) is 7.37. The fourth-order valence-corrected chi connectivity index (χ4v) is 7.37. The van der Waals surface area contributed by atoms with Gasteiger partial charge in [0.15, 0.2) is 0 Å². The van der Waals surface area contributed by atoms with Crippen molar-refractivity contribution in [2.45, 2.75) is 148 Å². The monoisotopic (exact) mass is 1040 g/mol. The Kier molecular flexibility index (Phi) is 23.7. The number of alkyl halides is 3. The summed E-state index contributed by atoms with van der Waals surface area (Å²) >= 11 is 0. The highest BCUT2D eigenvalue weighted by molar-refractivity contribution is 6.00. The minimum absolute atomic E-state index is 0.0334. The normalized spacial score (nSPS) is 16.3. The van der Waals surface area contributed by atoms with E-state index in [1.165, 1.54) is 18.7 Å². The number of halogens is 3. The van der Waals surface area contributed by atoms with Gasteiger partial charge in [0.25, 0.3) is 11.8 Å². The number of hydrogen-bond acceptors (Lipinski definition) is 13. The van der Waals surface area contributed by atoms with Gasteiger partial charge >= 0.3 is 24.1 Å². The predicted molar refractivity (Wildman–Crippen MR) is 246 cm³/mol. The zero-order valence-corrected chi connectivity index (χ0v) is 41.2. The Balaban J connectivity index is 2.32. The van der Waals surface area contributed by atoms with Gasteiger partial charge in [0, 0.05) is 32.0 Å². The summed E-state index contributed by atoms with van der Waals surface area (Å²) in [7, 11) is 0. The van der Waals surface area contributed by atoms with Crippen molar-refractivity contribution >= 4 is 71.1 Å². The minimum atomic E-state index is -4.66. The molecule has 9 amide bonds. The number of amides is 9. The highest BCUT2D eigenvalue weighted by atomic mass is 19.4. The van der Waals surface area contributed by atoms with Gasteiger partial charge in [-0.15, -0.1) is 0 Å². The molecule has 2 rings (SSSR count). The van der Waals surface area contributed by atoms with Crippen molar-refractivity contribution in [1.82, 2.24) is 47.2 Å². The van der Waals surface area contributed by atoms with Gasteiger partial charge in [-0.2, -0.15) is 13.2 Å². The summed E-state index contributed by atoms with van der Waals surface area (Å²) in [5.74, 6) is -15.4. The third-order valence-corrected chi connectivity index (χ3v) is 11.1. The quantitative estimate of drug-likeness (QED) is 0.0497. The van der Waals surface area contributed by atoms with E-state index in [1.807, 2.05) is 0 Å². The molecule has 73 heavy (non-hydrogen) atoms. The van der Waals surface area contributed by atoms with E-state index in [2.05, 4.69) is 37.3 Å². The molecule has 0 aromatic heterocycles. The first-order valence-corrected chi connectivity index (χ1v) is 23.1. The average Bonchev–Trinajstić information content (AvgIpc) is 3.78. The van der Waals surface area contributed by atoms with E-state index in [-0.39, 0.29) is 25.1 Å². The molecule has 1 fully saturated rings. The van der Waals surface area contributed by atoms with Crippen LogP contribution < -0.4 is 37.3 Å². The summed E-state index contributed by atoms with van der Waals surface area (Å²) in [4.78, 5) is 157. The number of hydrogen-bond donors (Lipinski definition) is 11. The van der Waals surface area contributed by atoms with E-state index in [4.69, 9.17) is 0 Å². The first-order valence-electron chi connectivity index (χ1n) is 23.1. The number of likely N-dealkylation sites (tertiary alicyclic amines) is 1. The maximum Gasteiger partial charge on any atom is 0.416 e. The van der Waals surface area contributed by atoms with Crippen molar-refractivity contribution in [1.29, 1.82) is 0 Å². The molecule has 28 heteroatoms. The molecule has 8 atom stereocenters. The second kappa shape index (κ2) is 28.0. The van der Waals surface area contributed by atoms with E-state index in [0.717, 1.165) is 43.1 Å². The van der Waals surface area contributed by atoms with Gasteiger partial charge in [-0.1, -0.05) is 34.6 Å². The summed E-state index contributed by atoms with van der Waals surface area (Å²) in [6.07, 6.45) is -9.25. The third kappa shape index (κ3) is 19.3. The van der Waals surface area contributed by atoms with E-state index < -0.39 is 169 Å². The highest BCUT2D eigenvalue weighted by Crippen LogP contribution is 2.29. The van der Waals surface area contributed by atoms with Gasteiger partial charge in [-0.25, -0.2) is 5.01 Å². The zero-order chi connectivity index (χ0) is 55.7. The standard InChI is InChI=1S/C45H64F3N9O16/c1-8-17-57(43(72)25-11-13-26(14-12-25)45(46,47)48)55-40(69)30-10-9-18-56(30)44(73)35(22(4)5)53-41(70)34(21(2)3)52-39(68)29(20-33(64)65)51-37(66)27(15-16-31(60)61)50-42(71)36(23(6)58)54-38(67)28(19-32(62)63)49-24(7)59/h11-14,21-23,27-30,34-36,58H,8-10,15-20H2,1-7H3,(H,49,59)(H,50,71)(H,51,66)(H,52,68)(H,53,70)(H,54,67)(H,55,69)(H,60,61)(H,62,63)(H,64,65)/t23-,27+,28+,29+,30+,34+,35+,36+/m1/s1. The van der Waals surface area contributed by atoms with E-state index in [0.29, 0.717) is 12.8 Å². The van der Waals surface area contributed by atoms with E-state index in [9.17, 15) is 91.1 Å². The van der Waals surface area contributed by atoms with Crippen LogP contribution in [0.1, 0.15) is 109 Å². The maximum absolute atomic E-state index is 14.2. The predicted octanol–water partition coefficient (Wildman–Crippen LogP) is -0.985. The number of aliphatic hydroxyl groups is 1. The van der Waals surface area contributed by atoms with Gasteiger partial charge in [0.2, 0.25) is 41.4 Å². The number of carbonyl (C=O) groups is 12. The second-order valence-electron chi connectivity index (χ2n) is 17.9. The number of carbonyl (C=O) groups excluding carboxylic acids is 9. The van der Waals surface area contributed by atoms with Crippen molar-refractivity contribution in [2.75, 3.05) is 13.1 Å². The second-order valence-corrected chi connectivity index (χ2v) is 17.9. The van der Waals surface area contributed by atoms with Crippen molar-refractivity contribution in [3.63, 3.8) is 0 Å². The van der Waals surface area contributed by atoms with Gasteiger partial charge < -0.3 is 57.2 Å². The van der Waals surface area contributed by atoms with Crippen LogP contribution in [0.25, 0.3) is 0 Å². The zero-order valence-electron chi connectivity index (χ0n) is 41.2. The van der Waals surface area contributed by atoms with Gasteiger partial charge in [0.1, 0.15) is 42.3 Å². The molecule has 0 radical (unpaired) electrons. The summed E-state index contributed by atoms with van der Waals surface area (Å²) in [6.45, 7) is 9.75. The molecule has 0 bridgehead atoms.